The molecule has 0 spiro atoms. The largest absolute Gasteiger partial charge is 0.286 e. The summed E-state index contributed by atoms with van der Waals surface area (Å²) in [7, 11) is 0. The highest BCUT2D eigenvalue weighted by Gasteiger charge is 2.20. The number of hydrogen-bond donors (Lipinski definition) is 0. The van der Waals surface area contributed by atoms with Crippen LogP contribution < -0.4 is 5.56 Å². The van der Waals surface area contributed by atoms with Gasteiger partial charge in [0.25, 0.3) is 5.56 Å². The molecule has 0 aliphatic carbocycles. The summed E-state index contributed by atoms with van der Waals surface area (Å²) in [6, 6.07) is 1.95. The Morgan fingerprint density at radius 2 is 2.53 bits per heavy atom. The summed E-state index contributed by atoms with van der Waals surface area (Å²) >= 11 is 3.02. The van der Waals surface area contributed by atoms with Crippen molar-refractivity contribution in [1.82, 2.24) is 9.55 Å². The lowest BCUT2D eigenvalue weighted by Crippen LogP contribution is -2.23. The quantitative estimate of drug-likeness (QED) is 0.443. The van der Waals surface area contributed by atoms with Crippen molar-refractivity contribution in [3.8, 4) is 6.07 Å². The third kappa shape index (κ3) is 1.77. The standard InChI is InChI=1S/C9H9N3OS2/c1-2-14-7-6(5-10)8(13)12-3-4-15-9(12)11-7/h2-4H2,1H3. The number of nitrogens with zero attached hydrogens (tertiary/aromatic N) is 3. The SMILES string of the molecule is CCSc1nc2n(c(=O)c1C#N)CCS2. The first-order chi connectivity index (χ1) is 7.27. The van der Waals surface area contributed by atoms with Gasteiger partial charge in [-0.1, -0.05) is 18.7 Å². The molecule has 1 aliphatic heterocycles. The Kier molecular flexibility index (Phi) is 3.03. The summed E-state index contributed by atoms with van der Waals surface area (Å²) < 4.78 is 1.59. The smallest absolute Gasteiger partial charge is 0.273 e. The number of thioether (sulfide) groups is 2. The van der Waals surface area contributed by atoms with Crippen LogP contribution in [-0.2, 0) is 6.54 Å². The summed E-state index contributed by atoms with van der Waals surface area (Å²) in [6.07, 6.45) is 0. The third-order valence-corrected chi connectivity index (χ3v) is 3.85. The normalized spacial score (nSPS) is 13.6. The topological polar surface area (TPSA) is 58.7 Å². The van der Waals surface area contributed by atoms with Gasteiger partial charge in [0.2, 0.25) is 0 Å². The first kappa shape index (κ1) is 10.6. The Morgan fingerprint density at radius 1 is 1.73 bits per heavy atom. The molecule has 0 unspecified atom stereocenters. The zero-order valence-corrected chi connectivity index (χ0v) is 9.82. The summed E-state index contributed by atoms with van der Waals surface area (Å²) in [4.78, 5) is 16.2. The molecule has 15 heavy (non-hydrogen) atoms. The lowest BCUT2D eigenvalue weighted by molar-refractivity contribution is 0.633. The molecule has 2 heterocycles. The van der Waals surface area contributed by atoms with Crippen LogP contribution in [0.15, 0.2) is 15.0 Å². The van der Waals surface area contributed by atoms with Crippen molar-refractivity contribution in [2.75, 3.05) is 11.5 Å². The zero-order chi connectivity index (χ0) is 10.8. The molecule has 1 aromatic rings. The molecule has 4 nitrogen and oxygen atoms in total. The fourth-order valence-electron chi connectivity index (χ4n) is 1.39. The fraction of sp³-hybridized carbons (Fsp3) is 0.444. The Bertz CT molecular complexity index is 489. The Labute approximate surface area is 95.7 Å². The highest BCUT2D eigenvalue weighted by molar-refractivity contribution is 7.99. The van der Waals surface area contributed by atoms with E-state index in [4.69, 9.17) is 5.26 Å². The van der Waals surface area contributed by atoms with Crippen molar-refractivity contribution in [2.45, 2.75) is 23.7 Å². The van der Waals surface area contributed by atoms with Gasteiger partial charge < -0.3 is 0 Å². The lowest BCUT2D eigenvalue weighted by Gasteiger charge is -2.05. The summed E-state index contributed by atoms with van der Waals surface area (Å²) in [5.41, 5.74) is -0.00319. The molecule has 78 valence electrons. The molecular formula is C9H9N3OS2. The van der Waals surface area contributed by atoms with Crippen molar-refractivity contribution >= 4 is 23.5 Å². The Hall–Kier alpha value is -0.930. The molecule has 1 aromatic heterocycles. The van der Waals surface area contributed by atoms with Crippen molar-refractivity contribution in [2.24, 2.45) is 0 Å². The minimum absolute atomic E-state index is 0.188. The van der Waals surface area contributed by atoms with Crippen molar-refractivity contribution in [3.05, 3.63) is 15.9 Å². The van der Waals surface area contributed by atoms with Gasteiger partial charge in [-0.15, -0.1) is 11.8 Å². The molecule has 1 aliphatic rings. The molecule has 0 saturated carbocycles. The van der Waals surface area contributed by atoms with E-state index in [1.165, 1.54) is 11.8 Å². The van der Waals surface area contributed by atoms with Gasteiger partial charge in [-0.2, -0.15) is 5.26 Å². The summed E-state index contributed by atoms with van der Waals surface area (Å²) in [6.45, 7) is 2.64. The molecule has 2 rings (SSSR count). The van der Waals surface area contributed by atoms with Crippen molar-refractivity contribution in [3.63, 3.8) is 0 Å². The average molecular weight is 239 g/mol. The van der Waals surface area contributed by atoms with Crippen LogP contribution >= 0.6 is 23.5 Å². The van der Waals surface area contributed by atoms with E-state index < -0.39 is 0 Å². The van der Waals surface area contributed by atoms with Gasteiger partial charge in [0, 0.05) is 12.3 Å². The van der Waals surface area contributed by atoms with E-state index in [0.29, 0.717) is 11.6 Å². The van der Waals surface area contributed by atoms with Gasteiger partial charge in [0.1, 0.15) is 16.7 Å². The molecule has 0 fully saturated rings. The third-order valence-electron chi connectivity index (χ3n) is 2.04. The molecule has 0 bridgehead atoms. The van der Waals surface area contributed by atoms with Crippen LogP contribution in [0.1, 0.15) is 12.5 Å². The molecule has 0 saturated heterocycles. The zero-order valence-electron chi connectivity index (χ0n) is 8.19. The van der Waals surface area contributed by atoms with Gasteiger partial charge in [0.05, 0.1) is 0 Å². The van der Waals surface area contributed by atoms with Crippen LogP contribution in [0.5, 0.6) is 0 Å². The molecule has 0 amide bonds. The molecule has 0 atom stereocenters. The maximum absolute atomic E-state index is 11.9. The highest BCUT2D eigenvalue weighted by atomic mass is 32.2. The van der Waals surface area contributed by atoms with Crippen molar-refractivity contribution < 1.29 is 0 Å². The van der Waals surface area contributed by atoms with Crippen LogP contribution in [0.4, 0.5) is 0 Å². The van der Waals surface area contributed by atoms with Gasteiger partial charge in [-0.3, -0.25) is 9.36 Å². The molecule has 6 heteroatoms. The maximum atomic E-state index is 11.9. The second-order valence-corrected chi connectivity index (χ2v) is 5.24. The highest BCUT2D eigenvalue weighted by Crippen LogP contribution is 2.25. The number of aromatic nitrogens is 2. The number of fused-ring (bicyclic) bond motifs is 1. The van der Waals surface area contributed by atoms with E-state index in [2.05, 4.69) is 4.98 Å². The fourth-order valence-corrected chi connectivity index (χ4v) is 3.09. The van der Waals surface area contributed by atoms with E-state index >= 15 is 0 Å². The number of rotatable bonds is 2. The van der Waals surface area contributed by atoms with E-state index in [-0.39, 0.29) is 11.1 Å². The predicted molar refractivity (Wildman–Crippen MR) is 60.3 cm³/mol. The molecule has 0 N–H and O–H groups in total. The second-order valence-electron chi connectivity index (χ2n) is 2.92. The molecule has 0 aromatic carbocycles. The van der Waals surface area contributed by atoms with Gasteiger partial charge >= 0.3 is 0 Å². The Balaban J connectivity index is 2.63. The molecular weight excluding hydrogens is 230 g/mol. The maximum Gasteiger partial charge on any atom is 0.273 e. The van der Waals surface area contributed by atoms with Gasteiger partial charge in [0.15, 0.2) is 5.16 Å². The van der Waals surface area contributed by atoms with E-state index in [1.807, 2.05) is 13.0 Å². The van der Waals surface area contributed by atoms with Crippen LogP contribution in [0.25, 0.3) is 0 Å². The first-order valence-electron chi connectivity index (χ1n) is 4.58. The summed E-state index contributed by atoms with van der Waals surface area (Å²) in [5, 5.41) is 10.3. The summed E-state index contributed by atoms with van der Waals surface area (Å²) in [5.74, 6) is 1.68. The van der Waals surface area contributed by atoms with Crippen LogP contribution in [0.3, 0.4) is 0 Å². The minimum Gasteiger partial charge on any atom is -0.286 e. The first-order valence-corrected chi connectivity index (χ1v) is 6.55. The van der Waals surface area contributed by atoms with Gasteiger partial charge in [-0.05, 0) is 5.75 Å². The lowest BCUT2D eigenvalue weighted by atomic mass is 10.4. The van der Waals surface area contributed by atoms with Crippen molar-refractivity contribution in [1.29, 1.82) is 5.26 Å². The minimum atomic E-state index is -0.191. The van der Waals surface area contributed by atoms with E-state index in [9.17, 15) is 4.79 Å². The van der Waals surface area contributed by atoms with Crippen LogP contribution in [0, 0.1) is 11.3 Å². The average Bonchev–Trinajstić information content (AvgIpc) is 2.67. The van der Waals surface area contributed by atoms with E-state index in [1.54, 1.807) is 16.3 Å². The van der Waals surface area contributed by atoms with Crippen LogP contribution in [-0.4, -0.2) is 21.1 Å². The number of hydrogen-bond acceptors (Lipinski definition) is 5. The molecule has 0 radical (unpaired) electrons. The van der Waals surface area contributed by atoms with Crippen LogP contribution in [0.2, 0.25) is 0 Å². The predicted octanol–water partition coefficient (Wildman–Crippen LogP) is 1.33. The van der Waals surface area contributed by atoms with E-state index in [0.717, 1.165) is 16.7 Å². The monoisotopic (exact) mass is 239 g/mol. The second kappa shape index (κ2) is 4.29. The van der Waals surface area contributed by atoms with Gasteiger partial charge in [-0.25, -0.2) is 4.98 Å². The number of nitriles is 1. The Morgan fingerprint density at radius 3 is 3.20 bits per heavy atom.